The zero-order valence-electron chi connectivity index (χ0n) is 28.0. The summed E-state index contributed by atoms with van der Waals surface area (Å²) in [6, 6.07) is 15.3. The average molecular weight is 1320 g/mol. The first kappa shape index (κ1) is 47.7. The molecule has 6 rings (SSSR count). The molecule has 2 aromatic carbocycles. The van der Waals surface area contributed by atoms with Crippen LogP contribution >= 0.6 is 98.0 Å². The molecule has 52 heavy (non-hydrogen) atoms. The van der Waals surface area contributed by atoms with Crippen LogP contribution < -0.4 is 34.5 Å². The molecule has 4 aliphatic rings. The number of β-lactam (4-membered cyclic amide) rings is 2. The van der Waals surface area contributed by atoms with Crippen LogP contribution in [0.4, 0.5) is 0 Å². The molecule has 6 atom stereocenters. The fourth-order valence-corrected chi connectivity index (χ4v) is 9.11. The molecule has 4 N–H and O–H groups in total. The van der Waals surface area contributed by atoms with E-state index < -0.39 is 51.6 Å². The van der Waals surface area contributed by atoms with Crippen molar-refractivity contribution in [2.45, 2.75) is 84.9 Å². The first-order valence-corrected chi connectivity index (χ1v) is 35.8. The summed E-state index contributed by atoms with van der Waals surface area (Å²) < 4.78 is -1.16. The van der Waals surface area contributed by atoms with Crippen LogP contribution in [-0.4, -0.2) is 94.9 Å². The van der Waals surface area contributed by atoms with Gasteiger partial charge in [0, 0.05) is 46.7 Å². The van der Waals surface area contributed by atoms with Crippen LogP contribution in [0.1, 0.15) is 38.8 Å². The van der Waals surface area contributed by atoms with Gasteiger partial charge >= 0.3 is 56.5 Å². The van der Waals surface area contributed by atoms with Crippen molar-refractivity contribution in [2.75, 3.05) is 0 Å². The Hall–Kier alpha value is -0.430. The molecule has 0 aromatic heterocycles. The minimum Gasteiger partial charge on any atom is -0.481 e. The zero-order valence-corrected chi connectivity index (χ0v) is 40.5. The first-order valence-electron chi connectivity index (χ1n) is 15.2. The van der Waals surface area contributed by atoms with E-state index >= 15 is 0 Å². The Labute approximate surface area is 363 Å². The largest absolute Gasteiger partial charge is 0.481 e. The van der Waals surface area contributed by atoms with E-state index in [1.54, 1.807) is 39.8 Å². The van der Waals surface area contributed by atoms with Gasteiger partial charge in [-0.3, -0.25) is 19.2 Å². The van der Waals surface area contributed by atoms with E-state index in [4.69, 9.17) is 10.8 Å². The third-order valence-corrected chi connectivity index (χ3v) is 11.3. The fraction of sp³-hybridized carbons (Fsp3) is 0.438. The second-order valence-electron chi connectivity index (χ2n) is 12.5. The van der Waals surface area contributed by atoms with Crippen molar-refractivity contribution in [3.8, 4) is 0 Å². The van der Waals surface area contributed by atoms with Gasteiger partial charge in [-0.2, -0.15) is 0 Å². The number of hydrogen-bond acceptors (Lipinski definition) is 11. The Morgan fingerprint density at radius 2 is 1.17 bits per heavy atom. The number of nitrogens with zero attached hydrogens (tertiary/aromatic N) is 2. The topological polar surface area (TPSA) is 213 Å². The summed E-state index contributed by atoms with van der Waals surface area (Å²) in [4.78, 5) is 70.7. The number of benzene rings is 2. The molecule has 0 unspecified atom stereocenters. The SMILES string of the molecule is CC1(C)S[C@@H]2[C@H](N)C(=O)N2[C@H]1C(=O)[O-].CC1(C)S[C@@H]2[C@H](NC(=O)Cc3ccccc3)C(=O)N2[C@H]1C(=O)[O-].II.I[I-]I.O=C(O)Cc1ccccc1. The molecule has 4 saturated heterocycles. The van der Waals surface area contributed by atoms with Gasteiger partial charge < -0.3 is 45.8 Å². The summed E-state index contributed by atoms with van der Waals surface area (Å²) in [6.07, 6.45) is 0.302. The van der Waals surface area contributed by atoms with Gasteiger partial charge in [0.15, 0.2) is 0 Å². The second kappa shape index (κ2) is 21.8. The number of thioether (sulfide) groups is 2. The second-order valence-corrected chi connectivity index (χ2v) is 32.3. The normalized spacial score (nSPS) is 25.2. The minimum absolute atomic E-state index is 0.112. The van der Waals surface area contributed by atoms with E-state index in [9.17, 15) is 39.0 Å². The summed E-state index contributed by atoms with van der Waals surface area (Å²) in [5, 5.41) is 32.8. The van der Waals surface area contributed by atoms with E-state index in [-0.39, 0.29) is 41.3 Å². The van der Waals surface area contributed by atoms with Gasteiger partial charge in [-0.1, -0.05) is 60.7 Å². The van der Waals surface area contributed by atoms with E-state index in [0.29, 0.717) is 13.3 Å². The molecule has 0 spiro atoms. The number of nitrogens with one attached hydrogen (secondary N) is 1. The third-order valence-electron chi connectivity index (χ3n) is 8.09. The molecule has 0 radical (unpaired) electrons. The van der Waals surface area contributed by atoms with Crippen LogP contribution in [0.3, 0.4) is 0 Å². The Bertz CT molecular complexity index is 1580. The number of amides is 3. The van der Waals surface area contributed by atoms with Crippen molar-refractivity contribution in [1.29, 1.82) is 0 Å². The van der Waals surface area contributed by atoms with Crippen LogP contribution in [-0.2, 0) is 41.6 Å². The summed E-state index contributed by atoms with van der Waals surface area (Å²) in [7, 11) is 0. The smallest absolute Gasteiger partial charge is 0.307 e. The number of fused-ring (bicyclic) bond motifs is 2. The number of halogens is 5. The molecule has 0 aliphatic carbocycles. The molecule has 4 heterocycles. The van der Waals surface area contributed by atoms with Crippen LogP contribution in [0.15, 0.2) is 60.7 Å². The Morgan fingerprint density at radius 3 is 1.58 bits per heavy atom. The zero-order chi connectivity index (χ0) is 39.6. The van der Waals surface area contributed by atoms with E-state index in [1.165, 1.54) is 33.3 Å². The monoisotopic (exact) mass is 1320 g/mol. The fourth-order valence-electron chi connectivity index (χ4n) is 5.93. The summed E-state index contributed by atoms with van der Waals surface area (Å²) >= 11 is 12.3. The number of carbonyl (C=O) groups is 6. The molecular weight excluding hydrogens is 1280 g/mol. The molecule has 0 saturated carbocycles. The number of carbonyl (C=O) groups excluding carboxylic acids is 5. The predicted octanol–water partition coefficient (Wildman–Crippen LogP) is -0.487. The quantitative estimate of drug-likeness (QED) is 0.237. The number of aliphatic carboxylic acids is 3. The summed E-state index contributed by atoms with van der Waals surface area (Å²) in [5.41, 5.74) is 7.27. The maximum Gasteiger partial charge on any atom is 0.307 e. The van der Waals surface area contributed by atoms with Crippen molar-refractivity contribution in [2.24, 2.45) is 5.73 Å². The number of carboxylic acid groups (broad SMARTS) is 3. The summed E-state index contributed by atoms with van der Waals surface area (Å²) in [5.74, 6) is -4.14. The van der Waals surface area contributed by atoms with E-state index in [1.807, 2.05) is 48.5 Å². The van der Waals surface area contributed by atoms with Gasteiger partial charge in [0.05, 0.1) is 36.9 Å². The number of rotatable bonds is 7. The van der Waals surface area contributed by atoms with Crippen LogP contribution in [0.25, 0.3) is 0 Å². The molecule has 288 valence electrons. The molecule has 20 heteroatoms. The molecule has 3 amide bonds. The molecular formula is C32H36I5N4O9S2-3. The maximum absolute atomic E-state index is 12.2. The first-order chi connectivity index (χ1) is 24.4. The van der Waals surface area contributed by atoms with Crippen molar-refractivity contribution in [3.05, 3.63) is 71.8 Å². The van der Waals surface area contributed by atoms with Gasteiger partial charge in [0.25, 0.3) is 0 Å². The Morgan fingerprint density at radius 1 is 0.788 bits per heavy atom. The molecule has 13 nitrogen and oxygen atoms in total. The Balaban J connectivity index is 0.000000275. The van der Waals surface area contributed by atoms with Gasteiger partial charge in [0.1, 0.15) is 22.8 Å². The maximum atomic E-state index is 12.2. The predicted molar refractivity (Wildman–Crippen MR) is 226 cm³/mol. The van der Waals surface area contributed by atoms with E-state index in [0.717, 1.165) is 11.1 Å². The van der Waals surface area contributed by atoms with Crippen molar-refractivity contribution < 1.29 is 57.3 Å². The number of carboxylic acids is 3. The summed E-state index contributed by atoms with van der Waals surface area (Å²) in [6.45, 7) is 7.12. The van der Waals surface area contributed by atoms with Crippen molar-refractivity contribution >= 4 is 134 Å². The number of hydrogen-bond donors (Lipinski definition) is 3. The third kappa shape index (κ3) is 12.3. The van der Waals surface area contributed by atoms with Gasteiger partial charge in [0.2, 0.25) is 17.7 Å². The van der Waals surface area contributed by atoms with Crippen molar-refractivity contribution in [3.63, 3.8) is 0 Å². The van der Waals surface area contributed by atoms with Crippen LogP contribution in [0, 0.1) is 0 Å². The standard InChI is InChI=1S/C16H18N2O4S.C8H12N2O3S.C8H8O2.I3.I2/c1-16(2)12(15(21)22)18-13(20)11(14(18)23-16)17-10(19)8-9-6-4-3-5-7-9;1-8(2)4(7(12)13)10-5(11)3(9)6(10)14-8;9-8(10)6-7-4-2-1-3-5-7;1-3-2;1-2/h3-7,11-12,14H,8H2,1-2H3,(H,17,19)(H,21,22);3-4,6H,9H2,1-2H3,(H,12,13);1-5H,6H2,(H,9,10);;/q;;;-1;/p-2/t11-,12+,14-;3-,4+,6-;;;/m11.../s1. The number of nitrogens with two attached hydrogens (primary N) is 1. The van der Waals surface area contributed by atoms with Gasteiger partial charge in [-0.25, -0.2) is 0 Å². The minimum atomic E-state index is -1.26. The molecule has 4 aliphatic heterocycles. The van der Waals surface area contributed by atoms with Crippen LogP contribution in [0.2, 0.25) is 0 Å². The van der Waals surface area contributed by atoms with Gasteiger partial charge in [-0.05, 0) is 38.8 Å². The Kier molecular flexibility index (Phi) is 20.0. The van der Waals surface area contributed by atoms with Gasteiger partial charge in [-0.15, -0.1) is 23.5 Å². The molecule has 0 bridgehead atoms. The molecule has 2 aromatic rings. The molecule has 4 fully saturated rings. The van der Waals surface area contributed by atoms with Crippen molar-refractivity contribution in [1.82, 2.24) is 15.1 Å². The van der Waals surface area contributed by atoms with Crippen LogP contribution in [0.5, 0.6) is 0 Å². The van der Waals surface area contributed by atoms with E-state index in [2.05, 4.69) is 79.8 Å². The average Bonchev–Trinajstić information content (AvgIpc) is 3.51.